The molecule has 0 aliphatic carbocycles. The number of carboxylic acid groups (broad SMARTS) is 1. The van der Waals surface area contributed by atoms with E-state index in [1.807, 2.05) is 50.2 Å². The topological polar surface area (TPSA) is 148 Å². The minimum Gasteiger partial charge on any atom is -0.481 e. The molecule has 1 atom stereocenters. The Morgan fingerprint density at radius 2 is 1.71 bits per heavy atom. The highest BCUT2D eigenvalue weighted by atomic mass is 16.6. The molecule has 4 rings (SSSR count). The first kappa shape index (κ1) is 33.2. The summed E-state index contributed by atoms with van der Waals surface area (Å²) in [7, 11) is 0. The molecule has 2 heterocycles. The lowest BCUT2D eigenvalue weighted by molar-refractivity contribution is -0.139. The van der Waals surface area contributed by atoms with Crippen LogP contribution in [0.3, 0.4) is 0 Å². The summed E-state index contributed by atoms with van der Waals surface area (Å²) in [5, 5.41) is 12.5. The van der Waals surface area contributed by atoms with Crippen LogP contribution in [0.25, 0.3) is 10.9 Å². The van der Waals surface area contributed by atoms with E-state index in [0.29, 0.717) is 50.3 Å². The maximum atomic E-state index is 13.7. The number of nitrogens with one attached hydrogen (secondary N) is 1. The normalized spacial score (nSPS) is 13.7. The summed E-state index contributed by atoms with van der Waals surface area (Å²) in [5.74, 6) is -1.88. The number of aliphatic carboxylic acids is 1. The number of piperazine rings is 1. The number of rotatable bonds is 14. The molecule has 0 radical (unpaired) electrons. The highest BCUT2D eigenvalue weighted by Crippen LogP contribution is 2.27. The lowest BCUT2D eigenvalue weighted by Gasteiger charge is -2.36. The second-order valence-electron chi connectivity index (χ2n) is 10.8. The molecule has 1 aliphatic heterocycles. The van der Waals surface area contributed by atoms with Gasteiger partial charge in [-0.25, -0.2) is 14.6 Å². The van der Waals surface area contributed by atoms with Gasteiger partial charge in [0.2, 0.25) is 5.91 Å². The van der Waals surface area contributed by atoms with Crippen molar-refractivity contribution in [3.63, 3.8) is 0 Å². The molecule has 0 saturated carbocycles. The summed E-state index contributed by atoms with van der Waals surface area (Å²) < 4.78 is 16.6. The minimum atomic E-state index is -1.16. The standard InChI is InChI=1S/C33H40N4O8/c1-3-4-17-44-33(42)37-15-13-36(14-16-37)32(41)26(12-18-43-21-24-8-6-5-7-9-24)35-31(40)28-20-29(45-22-30(38)39)25-11-10-23(2)19-27(25)34-28/h5-11,19-20,26H,3-4,12-18,21-22H2,1-2H3,(H,35,40)(H,38,39)/t26-/m0/s1. The number of carbonyl (C=O) groups is 4. The summed E-state index contributed by atoms with van der Waals surface area (Å²) in [6, 6.07) is 15.4. The Kier molecular flexibility index (Phi) is 12.1. The Labute approximate surface area is 262 Å². The van der Waals surface area contributed by atoms with Gasteiger partial charge in [0.1, 0.15) is 17.5 Å². The molecule has 1 aromatic heterocycles. The molecule has 2 N–H and O–H groups in total. The van der Waals surface area contributed by atoms with Crippen LogP contribution in [0.4, 0.5) is 4.79 Å². The van der Waals surface area contributed by atoms with E-state index in [1.54, 1.807) is 21.9 Å². The largest absolute Gasteiger partial charge is 0.481 e. The number of ether oxygens (including phenoxy) is 3. The lowest BCUT2D eigenvalue weighted by Crippen LogP contribution is -2.56. The van der Waals surface area contributed by atoms with Crippen LogP contribution in [-0.4, -0.2) is 95.8 Å². The fraction of sp³-hybridized carbons (Fsp3) is 0.424. The zero-order chi connectivity index (χ0) is 32.2. The summed E-state index contributed by atoms with van der Waals surface area (Å²) in [4.78, 5) is 58.5. The van der Waals surface area contributed by atoms with Gasteiger partial charge in [-0.3, -0.25) is 9.59 Å². The van der Waals surface area contributed by atoms with Crippen LogP contribution >= 0.6 is 0 Å². The van der Waals surface area contributed by atoms with Crippen molar-refractivity contribution in [1.82, 2.24) is 20.1 Å². The van der Waals surface area contributed by atoms with E-state index in [4.69, 9.17) is 19.3 Å². The summed E-state index contributed by atoms with van der Waals surface area (Å²) >= 11 is 0. The van der Waals surface area contributed by atoms with E-state index in [1.165, 1.54) is 6.07 Å². The minimum absolute atomic E-state index is 0.0175. The number of pyridine rings is 1. The second kappa shape index (κ2) is 16.4. The van der Waals surface area contributed by atoms with Gasteiger partial charge in [-0.15, -0.1) is 0 Å². The van der Waals surface area contributed by atoms with Gasteiger partial charge in [-0.2, -0.15) is 0 Å². The average molecular weight is 621 g/mol. The van der Waals surface area contributed by atoms with Crippen molar-refractivity contribution in [3.8, 4) is 5.75 Å². The molecule has 2 aromatic carbocycles. The summed E-state index contributed by atoms with van der Waals surface area (Å²) in [5.41, 5.74) is 2.32. The van der Waals surface area contributed by atoms with E-state index < -0.39 is 30.6 Å². The number of aromatic nitrogens is 1. The zero-order valence-electron chi connectivity index (χ0n) is 25.7. The van der Waals surface area contributed by atoms with Gasteiger partial charge in [0.15, 0.2) is 6.61 Å². The number of carbonyl (C=O) groups excluding carboxylic acids is 3. The number of aryl methyl sites for hydroxylation is 1. The first-order valence-corrected chi connectivity index (χ1v) is 15.1. The fourth-order valence-electron chi connectivity index (χ4n) is 4.86. The number of carboxylic acids is 1. The Morgan fingerprint density at radius 1 is 0.978 bits per heavy atom. The molecule has 3 amide bonds. The monoisotopic (exact) mass is 620 g/mol. The van der Waals surface area contributed by atoms with Crippen molar-refractivity contribution >= 4 is 34.8 Å². The fourth-order valence-corrected chi connectivity index (χ4v) is 4.86. The predicted molar refractivity (Wildman–Crippen MR) is 166 cm³/mol. The SMILES string of the molecule is CCCCOC(=O)N1CCN(C(=O)[C@H](CCOCc2ccccc2)NC(=O)c2cc(OCC(=O)O)c3ccc(C)cc3n2)CC1. The molecule has 0 bridgehead atoms. The van der Waals surface area contributed by atoms with E-state index in [9.17, 15) is 19.2 Å². The molecule has 45 heavy (non-hydrogen) atoms. The van der Waals surface area contributed by atoms with Gasteiger partial charge in [0, 0.05) is 44.2 Å². The molecule has 0 spiro atoms. The molecular formula is C33H40N4O8. The van der Waals surface area contributed by atoms with Gasteiger partial charge in [0.05, 0.1) is 18.7 Å². The second-order valence-corrected chi connectivity index (χ2v) is 10.8. The molecular weight excluding hydrogens is 580 g/mol. The van der Waals surface area contributed by atoms with E-state index >= 15 is 0 Å². The summed E-state index contributed by atoms with van der Waals surface area (Å²) in [6.07, 6.45) is 1.51. The predicted octanol–water partition coefficient (Wildman–Crippen LogP) is 3.79. The van der Waals surface area contributed by atoms with Crippen LogP contribution in [0.5, 0.6) is 5.75 Å². The van der Waals surface area contributed by atoms with Crippen molar-refractivity contribution in [3.05, 3.63) is 71.4 Å². The number of fused-ring (bicyclic) bond motifs is 1. The van der Waals surface area contributed by atoms with Crippen LogP contribution in [-0.2, 0) is 25.7 Å². The Morgan fingerprint density at radius 3 is 2.42 bits per heavy atom. The van der Waals surface area contributed by atoms with Crippen LogP contribution in [0.1, 0.15) is 47.8 Å². The Balaban J connectivity index is 1.48. The number of unbranched alkanes of at least 4 members (excludes halogenated alkanes) is 1. The van der Waals surface area contributed by atoms with Crippen LogP contribution in [0.2, 0.25) is 0 Å². The summed E-state index contributed by atoms with van der Waals surface area (Å²) in [6.45, 7) is 5.43. The van der Waals surface area contributed by atoms with E-state index in [2.05, 4.69) is 10.3 Å². The highest BCUT2D eigenvalue weighted by molar-refractivity contribution is 5.99. The lowest BCUT2D eigenvalue weighted by atomic mass is 10.1. The molecule has 1 saturated heterocycles. The van der Waals surface area contributed by atoms with Gasteiger partial charge in [0.25, 0.3) is 5.91 Å². The average Bonchev–Trinajstić information content (AvgIpc) is 3.04. The maximum absolute atomic E-state index is 13.7. The third kappa shape index (κ3) is 9.64. The number of hydrogen-bond acceptors (Lipinski definition) is 8. The third-order valence-electron chi connectivity index (χ3n) is 7.35. The van der Waals surface area contributed by atoms with Gasteiger partial charge >= 0.3 is 12.1 Å². The molecule has 12 nitrogen and oxygen atoms in total. The molecule has 0 unspecified atom stereocenters. The van der Waals surface area contributed by atoms with Crippen molar-refractivity contribution in [2.45, 2.75) is 45.8 Å². The molecule has 3 aromatic rings. The Hall–Kier alpha value is -4.71. The van der Waals surface area contributed by atoms with Crippen molar-refractivity contribution in [2.75, 3.05) is 46.0 Å². The van der Waals surface area contributed by atoms with Crippen molar-refractivity contribution < 1.29 is 38.5 Å². The quantitative estimate of drug-likeness (QED) is 0.257. The van der Waals surface area contributed by atoms with Crippen LogP contribution < -0.4 is 10.1 Å². The number of hydrogen-bond donors (Lipinski definition) is 2. The molecule has 1 aliphatic rings. The zero-order valence-corrected chi connectivity index (χ0v) is 25.7. The molecule has 240 valence electrons. The van der Waals surface area contributed by atoms with E-state index in [0.717, 1.165) is 24.0 Å². The maximum Gasteiger partial charge on any atom is 0.409 e. The van der Waals surface area contributed by atoms with Crippen molar-refractivity contribution in [1.29, 1.82) is 0 Å². The number of amides is 3. The molecule has 1 fully saturated rings. The highest BCUT2D eigenvalue weighted by Gasteiger charge is 2.31. The first-order valence-electron chi connectivity index (χ1n) is 15.1. The van der Waals surface area contributed by atoms with Gasteiger partial charge in [-0.05, 0) is 43.0 Å². The van der Waals surface area contributed by atoms with Crippen LogP contribution in [0.15, 0.2) is 54.6 Å². The number of nitrogens with zero attached hydrogens (tertiary/aromatic N) is 3. The van der Waals surface area contributed by atoms with Crippen LogP contribution in [0, 0.1) is 6.92 Å². The Bertz CT molecular complexity index is 1470. The number of benzene rings is 2. The van der Waals surface area contributed by atoms with Crippen molar-refractivity contribution in [2.24, 2.45) is 0 Å². The third-order valence-corrected chi connectivity index (χ3v) is 7.35. The smallest absolute Gasteiger partial charge is 0.409 e. The van der Waals surface area contributed by atoms with Gasteiger partial charge in [-0.1, -0.05) is 49.7 Å². The first-order chi connectivity index (χ1) is 21.7. The van der Waals surface area contributed by atoms with E-state index in [-0.39, 0.29) is 30.4 Å². The van der Waals surface area contributed by atoms with Gasteiger partial charge < -0.3 is 34.4 Å². The molecule has 12 heteroatoms.